The molecular formula is C16H16N2O4. The number of aryl methyl sites for hydroxylation is 1. The molecule has 0 aliphatic carbocycles. The average Bonchev–Trinajstić information content (AvgIpc) is 3.17. The van der Waals surface area contributed by atoms with Crippen molar-refractivity contribution in [2.45, 2.75) is 25.8 Å². The van der Waals surface area contributed by atoms with Crippen LogP contribution in [0.5, 0.6) is 0 Å². The summed E-state index contributed by atoms with van der Waals surface area (Å²) in [6.07, 6.45) is 1.80. The van der Waals surface area contributed by atoms with E-state index >= 15 is 0 Å². The van der Waals surface area contributed by atoms with Crippen LogP contribution in [-0.2, 0) is 0 Å². The van der Waals surface area contributed by atoms with Gasteiger partial charge in [-0.15, -0.1) is 0 Å². The minimum Gasteiger partial charge on any atom is -0.395 e. The molecule has 22 heavy (non-hydrogen) atoms. The maximum absolute atomic E-state index is 12.5. The van der Waals surface area contributed by atoms with Crippen LogP contribution in [0.15, 0.2) is 40.8 Å². The van der Waals surface area contributed by atoms with Crippen molar-refractivity contribution >= 4 is 11.8 Å². The normalized spacial score (nSPS) is 17.7. The third kappa shape index (κ3) is 2.59. The van der Waals surface area contributed by atoms with Crippen LogP contribution in [0.2, 0.25) is 0 Å². The smallest absolute Gasteiger partial charge is 0.395 e. The molecule has 0 N–H and O–H groups in total. The average molecular weight is 300 g/mol. The van der Waals surface area contributed by atoms with Crippen molar-refractivity contribution in [3.05, 3.63) is 63.4 Å². The third-order valence-electron chi connectivity index (χ3n) is 3.96. The number of nitro groups is 1. The van der Waals surface area contributed by atoms with Crippen LogP contribution in [-0.4, -0.2) is 22.3 Å². The van der Waals surface area contributed by atoms with Gasteiger partial charge < -0.3 is 9.32 Å². The van der Waals surface area contributed by atoms with E-state index in [-0.39, 0.29) is 17.7 Å². The number of carbonyl (C=O) groups is 1. The summed E-state index contributed by atoms with van der Waals surface area (Å²) in [4.78, 5) is 24.3. The van der Waals surface area contributed by atoms with E-state index in [0.717, 1.165) is 18.4 Å². The molecule has 0 saturated carbocycles. The highest BCUT2D eigenvalue weighted by molar-refractivity contribution is 5.92. The fourth-order valence-electron chi connectivity index (χ4n) is 2.83. The van der Waals surface area contributed by atoms with Crippen LogP contribution >= 0.6 is 0 Å². The summed E-state index contributed by atoms with van der Waals surface area (Å²) >= 11 is 0. The molecule has 1 fully saturated rings. The van der Waals surface area contributed by atoms with Crippen LogP contribution in [0.4, 0.5) is 5.88 Å². The molecule has 1 aliphatic heterocycles. The number of rotatable bonds is 3. The Morgan fingerprint density at radius 1 is 1.27 bits per heavy atom. The van der Waals surface area contributed by atoms with Gasteiger partial charge in [0.25, 0.3) is 5.91 Å². The van der Waals surface area contributed by atoms with Gasteiger partial charge in [-0.05, 0) is 31.4 Å². The second-order valence-electron chi connectivity index (χ2n) is 5.46. The molecule has 1 unspecified atom stereocenters. The van der Waals surface area contributed by atoms with Gasteiger partial charge in [-0.1, -0.05) is 29.8 Å². The molecule has 0 radical (unpaired) electrons. The van der Waals surface area contributed by atoms with Gasteiger partial charge >= 0.3 is 5.88 Å². The van der Waals surface area contributed by atoms with Crippen molar-refractivity contribution in [2.75, 3.05) is 6.54 Å². The van der Waals surface area contributed by atoms with E-state index in [0.29, 0.717) is 6.54 Å². The largest absolute Gasteiger partial charge is 0.433 e. The Kier molecular flexibility index (Phi) is 3.66. The third-order valence-corrected chi connectivity index (χ3v) is 3.96. The van der Waals surface area contributed by atoms with Crippen LogP contribution in [0.25, 0.3) is 0 Å². The van der Waals surface area contributed by atoms with Gasteiger partial charge in [-0.25, -0.2) is 0 Å². The Balaban J connectivity index is 1.84. The van der Waals surface area contributed by atoms with Gasteiger partial charge in [0.1, 0.15) is 4.92 Å². The molecule has 114 valence electrons. The quantitative estimate of drug-likeness (QED) is 0.642. The highest BCUT2D eigenvalue weighted by Gasteiger charge is 2.32. The minimum absolute atomic E-state index is 0.00254. The van der Waals surface area contributed by atoms with E-state index in [1.165, 1.54) is 17.7 Å². The monoisotopic (exact) mass is 300 g/mol. The Morgan fingerprint density at radius 3 is 2.64 bits per heavy atom. The number of benzene rings is 1. The predicted molar refractivity (Wildman–Crippen MR) is 79.6 cm³/mol. The molecule has 6 heteroatoms. The van der Waals surface area contributed by atoms with Gasteiger partial charge in [0.05, 0.1) is 12.1 Å². The number of nitrogens with zero attached hydrogens (tertiary/aromatic N) is 2. The number of hydrogen-bond acceptors (Lipinski definition) is 4. The van der Waals surface area contributed by atoms with E-state index in [4.69, 9.17) is 4.42 Å². The molecular weight excluding hydrogens is 284 g/mol. The van der Waals surface area contributed by atoms with Crippen LogP contribution in [0.1, 0.15) is 40.6 Å². The highest BCUT2D eigenvalue weighted by Crippen LogP contribution is 2.33. The van der Waals surface area contributed by atoms with Gasteiger partial charge in [-0.2, -0.15) is 0 Å². The summed E-state index contributed by atoms with van der Waals surface area (Å²) in [5, 5.41) is 10.7. The highest BCUT2D eigenvalue weighted by atomic mass is 16.6. The Morgan fingerprint density at radius 2 is 2.00 bits per heavy atom. The van der Waals surface area contributed by atoms with Crippen molar-refractivity contribution < 1.29 is 14.1 Å². The molecule has 1 saturated heterocycles. The lowest BCUT2D eigenvalue weighted by atomic mass is 10.0. The van der Waals surface area contributed by atoms with E-state index in [9.17, 15) is 14.9 Å². The fourth-order valence-corrected chi connectivity index (χ4v) is 2.83. The first-order valence-electron chi connectivity index (χ1n) is 7.18. The summed E-state index contributed by atoms with van der Waals surface area (Å²) in [5.41, 5.74) is 2.25. The Labute approximate surface area is 127 Å². The summed E-state index contributed by atoms with van der Waals surface area (Å²) in [6, 6.07) is 10.7. The maximum atomic E-state index is 12.5. The van der Waals surface area contributed by atoms with Gasteiger partial charge in [-0.3, -0.25) is 14.9 Å². The first kappa shape index (κ1) is 14.3. The summed E-state index contributed by atoms with van der Waals surface area (Å²) < 4.78 is 5.03. The maximum Gasteiger partial charge on any atom is 0.433 e. The molecule has 1 aromatic carbocycles. The molecule has 1 aromatic heterocycles. The topological polar surface area (TPSA) is 76.6 Å². The van der Waals surface area contributed by atoms with Crippen LogP contribution in [0.3, 0.4) is 0 Å². The molecule has 2 aromatic rings. The second-order valence-corrected chi connectivity index (χ2v) is 5.46. The Hall–Kier alpha value is -2.63. The van der Waals surface area contributed by atoms with E-state index < -0.39 is 10.8 Å². The fraction of sp³-hybridized carbons (Fsp3) is 0.312. The zero-order chi connectivity index (χ0) is 15.7. The second kappa shape index (κ2) is 5.63. The molecule has 3 rings (SSSR count). The number of amides is 1. The van der Waals surface area contributed by atoms with Crippen molar-refractivity contribution in [3.8, 4) is 0 Å². The van der Waals surface area contributed by atoms with Gasteiger partial charge in [0.2, 0.25) is 0 Å². The number of carbonyl (C=O) groups excluding carboxylic acids is 1. The lowest BCUT2D eigenvalue weighted by molar-refractivity contribution is -0.402. The molecule has 1 aliphatic rings. The lowest BCUT2D eigenvalue weighted by Gasteiger charge is -2.24. The summed E-state index contributed by atoms with van der Waals surface area (Å²) in [5.74, 6) is -0.684. The lowest BCUT2D eigenvalue weighted by Crippen LogP contribution is -2.30. The minimum atomic E-state index is -0.641. The molecule has 6 nitrogen and oxygen atoms in total. The van der Waals surface area contributed by atoms with Gasteiger partial charge in [0, 0.05) is 6.54 Å². The van der Waals surface area contributed by atoms with Crippen LogP contribution in [0, 0.1) is 17.0 Å². The zero-order valence-electron chi connectivity index (χ0n) is 12.2. The SMILES string of the molecule is Cc1ccc(C2CCCN2C(=O)c2ccc([N+](=O)[O-])o2)cc1. The van der Waals surface area contributed by atoms with E-state index in [1.807, 2.05) is 31.2 Å². The number of hydrogen-bond donors (Lipinski definition) is 0. The molecule has 0 bridgehead atoms. The van der Waals surface area contributed by atoms with Crippen LogP contribution < -0.4 is 0 Å². The van der Waals surface area contributed by atoms with Crippen molar-refractivity contribution in [1.82, 2.24) is 4.90 Å². The molecule has 1 amide bonds. The van der Waals surface area contributed by atoms with Crippen molar-refractivity contribution in [1.29, 1.82) is 0 Å². The molecule has 1 atom stereocenters. The standard InChI is InChI=1S/C16H16N2O4/c1-11-4-6-12(7-5-11)13-3-2-10-17(13)16(19)14-8-9-15(22-14)18(20)21/h4-9,13H,2-3,10H2,1H3. The zero-order valence-corrected chi connectivity index (χ0v) is 12.2. The van der Waals surface area contributed by atoms with Crippen molar-refractivity contribution in [2.24, 2.45) is 0 Å². The Bertz CT molecular complexity index is 705. The summed E-state index contributed by atoms with van der Waals surface area (Å²) in [7, 11) is 0. The summed E-state index contributed by atoms with van der Waals surface area (Å²) in [6.45, 7) is 2.65. The van der Waals surface area contributed by atoms with E-state index in [2.05, 4.69) is 0 Å². The van der Waals surface area contributed by atoms with Crippen molar-refractivity contribution in [3.63, 3.8) is 0 Å². The number of furan rings is 1. The predicted octanol–water partition coefficient (Wildman–Crippen LogP) is 3.47. The van der Waals surface area contributed by atoms with Gasteiger partial charge in [0.15, 0.2) is 5.76 Å². The first-order valence-corrected chi connectivity index (χ1v) is 7.18. The first-order chi connectivity index (χ1) is 10.6. The van der Waals surface area contributed by atoms with E-state index in [1.54, 1.807) is 4.90 Å². The molecule has 0 spiro atoms. The number of likely N-dealkylation sites (tertiary alicyclic amines) is 1. The molecule has 2 heterocycles.